The molecule has 3 N–H and O–H groups in total. The second-order valence-corrected chi connectivity index (χ2v) is 4.63. The molecule has 0 aromatic rings. The lowest BCUT2D eigenvalue weighted by atomic mass is 10.0. The van der Waals surface area contributed by atoms with Gasteiger partial charge in [0.2, 0.25) is 5.66 Å². The third kappa shape index (κ3) is 2.25. The maximum Gasteiger partial charge on any atom is 0.381 e. The average Bonchev–Trinajstić information content (AvgIpc) is 2.04. The van der Waals surface area contributed by atoms with Gasteiger partial charge in [-0.2, -0.15) is 0 Å². The predicted octanol–water partition coefficient (Wildman–Crippen LogP) is 1.01. The van der Waals surface area contributed by atoms with Crippen LogP contribution in [0.15, 0.2) is 0 Å². The number of hydrogen-bond acceptors (Lipinski definition) is 2. The van der Waals surface area contributed by atoms with E-state index in [2.05, 4.69) is 6.92 Å². The van der Waals surface area contributed by atoms with Crippen molar-refractivity contribution in [2.24, 2.45) is 5.73 Å². The van der Waals surface area contributed by atoms with Crippen molar-refractivity contribution in [3.8, 4) is 0 Å². The molecule has 2 atom stereocenters. The highest BCUT2D eigenvalue weighted by Gasteiger charge is 2.47. The van der Waals surface area contributed by atoms with E-state index in [1.807, 2.05) is 21.0 Å². The minimum Gasteiger partial charge on any atom is -0.476 e. The molecule has 0 spiro atoms. The Morgan fingerprint density at radius 3 is 2.29 bits per heavy atom. The molecule has 0 saturated heterocycles. The smallest absolute Gasteiger partial charge is 0.381 e. The molecule has 0 radical (unpaired) electrons. The molecule has 84 valence electrons. The molecule has 0 aliphatic carbocycles. The largest absolute Gasteiger partial charge is 0.476 e. The van der Waals surface area contributed by atoms with Crippen molar-refractivity contribution in [1.82, 2.24) is 0 Å². The van der Waals surface area contributed by atoms with E-state index < -0.39 is 11.6 Å². The Kier molecular flexibility index (Phi) is 4.09. The summed E-state index contributed by atoms with van der Waals surface area (Å²) in [6.07, 6.45) is 2.02. The summed E-state index contributed by atoms with van der Waals surface area (Å²) < 4.78 is 0.302. The van der Waals surface area contributed by atoms with Crippen LogP contribution in [0.4, 0.5) is 0 Å². The average molecular weight is 203 g/mol. The van der Waals surface area contributed by atoms with Crippen LogP contribution in [-0.2, 0) is 4.79 Å². The summed E-state index contributed by atoms with van der Waals surface area (Å²) in [5.74, 6) is -0.953. The normalized spacial score (nSPS) is 18.7. The van der Waals surface area contributed by atoms with Crippen molar-refractivity contribution in [3.05, 3.63) is 0 Å². The van der Waals surface area contributed by atoms with Crippen LogP contribution < -0.4 is 5.73 Å². The van der Waals surface area contributed by atoms with Crippen LogP contribution in [0.5, 0.6) is 0 Å². The van der Waals surface area contributed by atoms with Crippen molar-refractivity contribution in [3.63, 3.8) is 0 Å². The Morgan fingerprint density at radius 1 is 1.57 bits per heavy atom. The standard InChI is InChI=1S/C10H22N2O2/c1-6-7-8(2)12(4,5)10(3,11)9(13)14/h8H,6-7,11H2,1-5H3/p+1. The third-order valence-electron chi connectivity index (χ3n) is 3.44. The fourth-order valence-electron chi connectivity index (χ4n) is 1.44. The SMILES string of the molecule is CCCC(C)[N+](C)(C)C(C)(N)C(=O)O. The number of carboxylic acids is 1. The Balaban J connectivity index is 4.83. The van der Waals surface area contributed by atoms with Crippen molar-refractivity contribution in [2.75, 3.05) is 14.1 Å². The van der Waals surface area contributed by atoms with Crippen LogP contribution in [-0.4, -0.2) is 41.4 Å². The Bertz CT molecular complexity index is 212. The molecule has 0 aliphatic rings. The minimum atomic E-state index is -1.23. The number of quaternary nitrogens is 1. The van der Waals surface area contributed by atoms with E-state index in [4.69, 9.17) is 10.8 Å². The lowest BCUT2D eigenvalue weighted by Crippen LogP contribution is -2.70. The summed E-state index contributed by atoms with van der Waals surface area (Å²) in [5.41, 5.74) is 4.61. The maximum atomic E-state index is 11.0. The first-order valence-electron chi connectivity index (χ1n) is 5.04. The van der Waals surface area contributed by atoms with Crippen LogP contribution in [0.25, 0.3) is 0 Å². The number of carbonyl (C=O) groups is 1. The molecule has 0 amide bonds. The summed E-state index contributed by atoms with van der Waals surface area (Å²) in [6, 6.07) is 0.242. The molecule has 14 heavy (non-hydrogen) atoms. The summed E-state index contributed by atoms with van der Waals surface area (Å²) in [5, 5.41) is 9.05. The fourth-order valence-corrected chi connectivity index (χ4v) is 1.44. The number of hydrogen-bond donors (Lipinski definition) is 2. The van der Waals surface area contributed by atoms with Crippen LogP contribution in [0, 0.1) is 0 Å². The van der Waals surface area contributed by atoms with E-state index in [9.17, 15) is 4.79 Å². The van der Waals surface area contributed by atoms with Crippen molar-refractivity contribution in [2.45, 2.75) is 45.3 Å². The highest BCUT2D eigenvalue weighted by atomic mass is 16.4. The lowest BCUT2D eigenvalue weighted by Gasteiger charge is -2.45. The quantitative estimate of drug-likeness (QED) is 0.518. The third-order valence-corrected chi connectivity index (χ3v) is 3.44. The second-order valence-electron chi connectivity index (χ2n) is 4.63. The summed E-state index contributed by atoms with van der Waals surface area (Å²) in [4.78, 5) is 11.0. The summed E-state index contributed by atoms with van der Waals surface area (Å²) in [6.45, 7) is 5.70. The highest BCUT2D eigenvalue weighted by Crippen LogP contribution is 2.22. The zero-order valence-electron chi connectivity index (χ0n) is 9.87. The monoisotopic (exact) mass is 203 g/mol. The van der Waals surface area contributed by atoms with Gasteiger partial charge in [-0.1, -0.05) is 13.3 Å². The van der Waals surface area contributed by atoms with Gasteiger partial charge in [0.15, 0.2) is 0 Å². The van der Waals surface area contributed by atoms with E-state index in [1.165, 1.54) is 0 Å². The number of aliphatic carboxylic acids is 1. The van der Waals surface area contributed by atoms with Gasteiger partial charge < -0.3 is 5.11 Å². The predicted molar refractivity (Wildman–Crippen MR) is 56.7 cm³/mol. The van der Waals surface area contributed by atoms with Gasteiger partial charge in [-0.3, -0.25) is 10.2 Å². The molecular weight excluding hydrogens is 180 g/mol. The molecule has 0 aromatic carbocycles. The fraction of sp³-hybridized carbons (Fsp3) is 0.900. The number of nitrogens with two attached hydrogens (primary N) is 1. The van der Waals surface area contributed by atoms with Gasteiger partial charge in [0.25, 0.3) is 0 Å². The van der Waals surface area contributed by atoms with Crippen LogP contribution >= 0.6 is 0 Å². The van der Waals surface area contributed by atoms with Gasteiger partial charge >= 0.3 is 5.97 Å². The molecule has 0 aromatic heterocycles. The van der Waals surface area contributed by atoms with E-state index >= 15 is 0 Å². The highest BCUT2D eigenvalue weighted by molar-refractivity contribution is 5.75. The van der Waals surface area contributed by atoms with Gasteiger partial charge in [-0.05, 0) is 13.3 Å². The van der Waals surface area contributed by atoms with Crippen molar-refractivity contribution < 1.29 is 14.4 Å². The van der Waals surface area contributed by atoms with Gasteiger partial charge in [-0.15, -0.1) is 0 Å². The molecular formula is C10H23N2O2+. The molecule has 0 rings (SSSR count). The number of likely N-dealkylation sites (N-methyl/N-ethyl adjacent to an activating group) is 1. The Morgan fingerprint density at radius 2 is 2.00 bits per heavy atom. The van der Waals surface area contributed by atoms with E-state index in [0.29, 0.717) is 4.48 Å². The van der Waals surface area contributed by atoms with Gasteiger partial charge in [-0.25, -0.2) is 4.79 Å². The summed E-state index contributed by atoms with van der Waals surface area (Å²) in [7, 11) is 3.74. The zero-order valence-corrected chi connectivity index (χ0v) is 9.87. The molecule has 4 nitrogen and oxygen atoms in total. The van der Waals surface area contributed by atoms with Crippen molar-refractivity contribution in [1.29, 1.82) is 0 Å². The lowest BCUT2D eigenvalue weighted by molar-refractivity contribution is -0.951. The topological polar surface area (TPSA) is 63.3 Å². The van der Waals surface area contributed by atoms with E-state index in [1.54, 1.807) is 6.92 Å². The molecule has 0 aliphatic heterocycles. The summed E-state index contributed by atoms with van der Waals surface area (Å²) >= 11 is 0. The van der Waals surface area contributed by atoms with Crippen molar-refractivity contribution >= 4 is 5.97 Å². The van der Waals surface area contributed by atoms with Gasteiger partial charge in [0.05, 0.1) is 20.1 Å². The first-order chi connectivity index (χ1) is 6.17. The van der Waals surface area contributed by atoms with Gasteiger partial charge in [0, 0.05) is 6.92 Å². The first-order valence-corrected chi connectivity index (χ1v) is 5.04. The minimum absolute atomic E-state index is 0.242. The maximum absolute atomic E-state index is 11.0. The molecule has 0 saturated carbocycles. The van der Waals surface area contributed by atoms with Crippen LogP contribution in [0.3, 0.4) is 0 Å². The van der Waals surface area contributed by atoms with E-state index in [0.717, 1.165) is 12.8 Å². The molecule has 0 fully saturated rings. The van der Waals surface area contributed by atoms with E-state index in [-0.39, 0.29) is 6.04 Å². The molecule has 0 heterocycles. The van der Waals surface area contributed by atoms with Crippen LogP contribution in [0.2, 0.25) is 0 Å². The molecule has 4 heteroatoms. The number of nitrogens with zero attached hydrogens (tertiary/aromatic N) is 1. The zero-order chi connectivity index (χ0) is 11.6. The molecule has 0 bridgehead atoms. The van der Waals surface area contributed by atoms with Crippen LogP contribution in [0.1, 0.15) is 33.6 Å². The second kappa shape index (κ2) is 4.28. The number of rotatable bonds is 5. The first kappa shape index (κ1) is 13.4. The number of carboxylic acid groups (broad SMARTS) is 1. The molecule has 2 unspecified atom stereocenters. The Labute approximate surface area is 86.3 Å². The Hall–Kier alpha value is -0.610. The van der Waals surface area contributed by atoms with Gasteiger partial charge in [0.1, 0.15) is 0 Å².